The highest BCUT2D eigenvalue weighted by Gasteiger charge is 2.23. The average molecular weight is 413 g/mol. The maximum Gasteiger partial charge on any atom is 0.141 e. The minimum absolute atomic E-state index is 0.0108. The molecule has 3 aromatic rings. The van der Waals surface area contributed by atoms with Crippen LogP contribution in [-0.4, -0.2) is 22.1 Å². The van der Waals surface area contributed by atoms with Gasteiger partial charge in [0.15, 0.2) is 0 Å². The largest absolute Gasteiger partial charge is 0.344 e. The van der Waals surface area contributed by atoms with Gasteiger partial charge in [0, 0.05) is 5.69 Å². The summed E-state index contributed by atoms with van der Waals surface area (Å²) in [5.74, 6) is 3.28. The summed E-state index contributed by atoms with van der Waals surface area (Å²) in [7, 11) is -0.280. The van der Waals surface area contributed by atoms with Crippen molar-refractivity contribution in [2.75, 3.05) is 6.26 Å². The van der Waals surface area contributed by atoms with E-state index in [1.807, 2.05) is 13.2 Å². The second-order valence-corrected chi connectivity index (χ2v) is 8.44. The Morgan fingerprint density at radius 1 is 1.04 bits per heavy atom. The molecule has 7 heteroatoms. The highest BCUT2D eigenvalue weighted by molar-refractivity contribution is 8.13. The van der Waals surface area contributed by atoms with Crippen LogP contribution in [-0.2, 0) is 0 Å². The van der Waals surface area contributed by atoms with Gasteiger partial charge in [-0.15, -0.1) is 10.5 Å². The number of aryl methyl sites for hydroxylation is 1. The summed E-state index contributed by atoms with van der Waals surface area (Å²) < 4.78 is 27.2. The molecule has 3 rings (SSSR count). The summed E-state index contributed by atoms with van der Waals surface area (Å²) in [4.78, 5) is 7.96. The SMILES string of the molecule is C=S(C)c1nc(C(c2ccc(F)c(Cl)c2)c2ccc(F)c(Cl)c2)[nH]c1C. The van der Waals surface area contributed by atoms with Crippen LogP contribution in [0.15, 0.2) is 41.4 Å². The van der Waals surface area contributed by atoms with Crippen LogP contribution in [0.4, 0.5) is 8.78 Å². The zero-order valence-corrected chi connectivity index (χ0v) is 16.4. The van der Waals surface area contributed by atoms with Crippen molar-refractivity contribution in [1.82, 2.24) is 9.97 Å². The van der Waals surface area contributed by atoms with Crippen LogP contribution < -0.4 is 0 Å². The molecule has 0 amide bonds. The van der Waals surface area contributed by atoms with E-state index >= 15 is 0 Å². The first-order chi connectivity index (χ1) is 12.3. The van der Waals surface area contributed by atoms with E-state index in [1.165, 1.54) is 12.1 Å². The lowest BCUT2D eigenvalue weighted by atomic mass is 9.90. The quantitative estimate of drug-likeness (QED) is 0.509. The third kappa shape index (κ3) is 3.70. The van der Waals surface area contributed by atoms with Crippen molar-refractivity contribution in [3.8, 4) is 0 Å². The first-order valence-corrected chi connectivity index (χ1v) is 10.3. The number of hydrogen-bond acceptors (Lipinski definition) is 1. The highest BCUT2D eigenvalue weighted by atomic mass is 35.5. The highest BCUT2D eigenvalue weighted by Crippen LogP contribution is 2.36. The Kier molecular flexibility index (Phi) is 5.51. The Bertz CT molecular complexity index is 950. The predicted octanol–water partition coefficient (Wildman–Crippen LogP) is 6.17. The number of H-pyrrole nitrogens is 1. The van der Waals surface area contributed by atoms with Crippen LogP contribution in [0.1, 0.15) is 28.6 Å². The number of aromatic amines is 1. The third-order valence-electron chi connectivity index (χ3n) is 4.02. The Morgan fingerprint density at radius 2 is 1.54 bits per heavy atom. The Balaban J connectivity index is 2.21. The molecule has 0 saturated heterocycles. The smallest absolute Gasteiger partial charge is 0.141 e. The minimum atomic E-state index is -0.504. The summed E-state index contributed by atoms with van der Waals surface area (Å²) in [6, 6.07) is 8.97. The van der Waals surface area contributed by atoms with E-state index in [9.17, 15) is 8.78 Å². The Morgan fingerprint density at radius 3 is 1.92 bits per heavy atom. The lowest BCUT2D eigenvalue weighted by Gasteiger charge is -2.17. The van der Waals surface area contributed by atoms with Gasteiger partial charge in [0.2, 0.25) is 0 Å². The number of halogens is 4. The van der Waals surface area contributed by atoms with Crippen molar-refractivity contribution in [2.24, 2.45) is 0 Å². The van der Waals surface area contributed by atoms with Gasteiger partial charge in [0.05, 0.1) is 16.0 Å². The van der Waals surface area contributed by atoms with Crippen molar-refractivity contribution < 1.29 is 8.78 Å². The van der Waals surface area contributed by atoms with Crippen LogP contribution in [0.2, 0.25) is 10.0 Å². The van der Waals surface area contributed by atoms with Gasteiger partial charge in [-0.2, -0.15) is 0 Å². The van der Waals surface area contributed by atoms with Gasteiger partial charge in [-0.3, -0.25) is 0 Å². The number of nitrogens with one attached hydrogen (secondary N) is 1. The molecule has 1 N–H and O–H groups in total. The van der Waals surface area contributed by atoms with Crippen molar-refractivity contribution in [2.45, 2.75) is 17.9 Å². The van der Waals surface area contributed by atoms with Crippen LogP contribution in [0, 0.1) is 18.6 Å². The van der Waals surface area contributed by atoms with E-state index in [1.54, 1.807) is 24.3 Å². The molecule has 0 radical (unpaired) electrons. The standard InChI is InChI=1S/C19H16Cl2F2N2S/c1-10-19(26(2)3)25-18(24-10)17(11-4-6-15(22)13(20)8-11)12-5-7-16(23)14(21)9-12/h4-9,17H,2H2,1,3H3,(H,24,25). The Labute approximate surface area is 163 Å². The fourth-order valence-electron chi connectivity index (χ4n) is 2.83. The normalized spacial score (nSPS) is 12.6. The second kappa shape index (κ2) is 7.51. The second-order valence-electron chi connectivity index (χ2n) is 5.97. The van der Waals surface area contributed by atoms with Crippen molar-refractivity contribution >= 4 is 39.6 Å². The first kappa shape index (κ1) is 19.1. The maximum absolute atomic E-state index is 13.6. The zero-order chi connectivity index (χ0) is 19.0. The van der Waals surface area contributed by atoms with Crippen molar-refractivity contribution in [3.05, 3.63) is 80.7 Å². The number of nitrogens with zero attached hydrogens (tertiary/aromatic N) is 1. The molecule has 1 heterocycles. The topological polar surface area (TPSA) is 28.7 Å². The molecule has 0 fully saturated rings. The molecule has 1 aromatic heterocycles. The number of hydrogen-bond donors (Lipinski definition) is 1. The molecule has 2 aromatic carbocycles. The number of rotatable bonds is 4. The molecule has 1 unspecified atom stereocenters. The predicted molar refractivity (Wildman–Crippen MR) is 106 cm³/mol. The fourth-order valence-corrected chi connectivity index (χ4v) is 4.04. The molecule has 2 nitrogen and oxygen atoms in total. The molecule has 0 saturated carbocycles. The van der Waals surface area contributed by atoms with Crippen molar-refractivity contribution in [1.29, 1.82) is 0 Å². The molecule has 0 aliphatic carbocycles. The molecule has 136 valence electrons. The van der Waals surface area contributed by atoms with Crippen molar-refractivity contribution in [3.63, 3.8) is 0 Å². The van der Waals surface area contributed by atoms with E-state index in [0.717, 1.165) is 21.8 Å². The maximum atomic E-state index is 13.6. The average Bonchev–Trinajstić information content (AvgIpc) is 2.96. The van der Waals surface area contributed by atoms with E-state index in [0.29, 0.717) is 5.82 Å². The van der Waals surface area contributed by atoms with Gasteiger partial charge < -0.3 is 4.98 Å². The first-order valence-electron chi connectivity index (χ1n) is 7.70. The summed E-state index contributed by atoms with van der Waals surface area (Å²) in [5.41, 5.74) is 2.35. The van der Waals surface area contributed by atoms with Crippen LogP contribution in [0.25, 0.3) is 0 Å². The number of imidazole rings is 1. The fraction of sp³-hybridized carbons (Fsp3) is 0.158. The Hall–Kier alpha value is -1.69. The molecule has 1 atom stereocenters. The van der Waals surface area contributed by atoms with E-state index in [2.05, 4.69) is 15.8 Å². The van der Waals surface area contributed by atoms with E-state index in [-0.39, 0.29) is 20.5 Å². The lowest BCUT2D eigenvalue weighted by molar-refractivity contribution is 0.626. The molecule has 26 heavy (non-hydrogen) atoms. The number of benzene rings is 2. The lowest BCUT2D eigenvalue weighted by Crippen LogP contribution is -2.06. The molecule has 0 aliphatic rings. The van der Waals surface area contributed by atoms with Crippen LogP contribution >= 0.6 is 33.7 Å². The monoisotopic (exact) mass is 412 g/mol. The molecule has 0 bridgehead atoms. The summed E-state index contributed by atoms with van der Waals surface area (Å²) in [6.45, 7) is 1.92. The van der Waals surface area contributed by atoms with Gasteiger partial charge in [-0.25, -0.2) is 13.8 Å². The third-order valence-corrected chi connectivity index (χ3v) is 5.65. The van der Waals surface area contributed by atoms with Gasteiger partial charge in [0.25, 0.3) is 0 Å². The van der Waals surface area contributed by atoms with Gasteiger partial charge in [-0.05, 0) is 48.6 Å². The van der Waals surface area contributed by atoms with Crippen LogP contribution in [0.5, 0.6) is 0 Å². The van der Waals surface area contributed by atoms with Gasteiger partial charge >= 0.3 is 0 Å². The summed E-state index contributed by atoms with van der Waals surface area (Å²) in [6.07, 6.45) is 1.98. The zero-order valence-electron chi connectivity index (χ0n) is 14.1. The summed E-state index contributed by atoms with van der Waals surface area (Å²) >= 11 is 12.0. The van der Waals surface area contributed by atoms with Gasteiger partial charge in [-0.1, -0.05) is 41.2 Å². The number of aromatic nitrogens is 2. The molecular formula is C19H16Cl2F2N2S. The van der Waals surface area contributed by atoms with Crippen LogP contribution in [0.3, 0.4) is 0 Å². The van der Waals surface area contributed by atoms with Gasteiger partial charge in [0.1, 0.15) is 22.5 Å². The minimum Gasteiger partial charge on any atom is -0.344 e. The molecule has 0 spiro atoms. The van der Waals surface area contributed by atoms with E-state index < -0.39 is 17.6 Å². The molecular weight excluding hydrogens is 397 g/mol. The summed E-state index contributed by atoms with van der Waals surface area (Å²) in [5, 5.41) is 0.889. The molecule has 0 aliphatic heterocycles. The van der Waals surface area contributed by atoms with E-state index in [4.69, 9.17) is 23.2 Å².